The van der Waals surface area contributed by atoms with E-state index < -0.39 is 112 Å². The molecular formula is C19H3F12Sn. The van der Waals surface area contributed by atoms with Crippen molar-refractivity contribution in [3.8, 4) is 0 Å². The van der Waals surface area contributed by atoms with E-state index in [-0.39, 0.29) is 18.2 Å². The second kappa shape index (κ2) is 8.19. The first kappa shape index (κ1) is 24.3. The average molecular weight is 578 g/mol. The Morgan fingerprint density at radius 2 is 0.531 bits per heavy atom. The Balaban J connectivity index is 2.72. The van der Waals surface area contributed by atoms with Gasteiger partial charge >= 0.3 is 183 Å². The first-order valence-corrected chi connectivity index (χ1v) is 9.43. The zero-order valence-corrected chi connectivity index (χ0v) is 17.6. The van der Waals surface area contributed by atoms with E-state index in [0.29, 0.717) is 0 Å². The van der Waals surface area contributed by atoms with Gasteiger partial charge in [-0.05, 0) is 0 Å². The third-order valence-electron chi connectivity index (χ3n) is 4.46. The molecular weight excluding hydrogens is 575 g/mol. The molecule has 0 aliphatic rings. The van der Waals surface area contributed by atoms with Crippen LogP contribution in [0.4, 0.5) is 52.7 Å². The quantitative estimate of drug-likeness (QED) is 0.159. The van der Waals surface area contributed by atoms with Gasteiger partial charge in [0.25, 0.3) is 0 Å². The van der Waals surface area contributed by atoms with Gasteiger partial charge in [0.05, 0.1) is 0 Å². The molecule has 0 aliphatic carbocycles. The summed E-state index contributed by atoms with van der Waals surface area (Å²) in [4.78, 5) is 0. The van der Waals surface area contributed by atoms with Gasteiger partial charge in [0.1, 0.15) is 0 Å². The van der Waals surface area contributed by atoms with Gasteiger partial charge < -0.3 is 0 Å². The Labute approximate surface area is 183 Å². The molecule has 0 N–H and O–H groups in total. The zero-order valence-electron chi connectivity index (χ0n) is 14.8. The predicted molar refractivity (Wildman–Crippen MR) is 84.5 cm³/mol. The fourth-order valence-corrected chi connectivity index (χ4v) is 4.96. The molecule has 3 aromatic carbocycles. The molecule has 0 amide bonds. The van der Waals surface area contributed by atoms with E-state index in [4.69, 9.17) is 0 Å². The summed E-state index contributed by atoms with van der Waals surface area (Å²) in [6.07, 6.45) is 0. The van der Waals surface area contributed by atoms with Crippen LogP contribution in [-0.2, 0) is 3.43 Å². The van der Waals surface area contributed by atoms with E-state index in [0.717, 1.165) is 0 Å². The molecule has 0 bridgehead atoms. The minimum absolute atomic E-state index is 0.386. The van der Waals surface area contributed by atoms with Crippen LogP contribution >= 0.6 is 0 Å². The number of halogens is 12. The summed E-state index contributed by atoms with van der Waals surface area (Å²) in [6.45, 7) is 0. The minimum atomic E-state index is -3.84. The molecule has 32 heavy (non-hydrogen) atoms. The van der Waals surface area contributed by atoms with E-state index in [1.165, 1.54) is 0 Å². The zero-order chi connectivity index (χ0) is 24.3. The number of benzene rings is 3. The molecule has 3 rings (SSSR count). The van der Waals surface area contributed by atoms with Crippen LogP contribution in [0.15, 0.2) is 18.2 Å². The molecule has 167 valence electrons. The van der Waals surface area contributed by atoms with Crippen molar-refractivity contribution in [3.63, 3.8) is 0 Å². The molecule has 0 saturated heterocycles. The van der Waals surface area contributed by atoms with Crippen LogP contribution in [0.2, 0.25) is 0 Å². The summed E-state index contributed by atoms with van der Waals surface area (Å²) >= 11 is -0.904. The Morgan fingerprint density at radius 3 is 0.688 bits per heavy atom. The van der Waals surface area contributed by atoms with Gasteiger partial charge in [-0.25, -0.2) is 0 Å². The topological polar surface area (TPSA) is 0 Å². The normalized spacial score (nSPS) is 11.9. The van der Waals surface area contributed by atoms with Crippen LogP contribution in [0.1, 0.15) is 16.7 Å². The second-order valence-electron chi connectivity index (χ2n) is 6.28. The van der Waals surface area contributed by atoms with Crippen LogP contribution in [0, 0.1) is 69.8 Å². The van der Waals surface area contributed by atoms with Gasteiger partial charge in [-0.3, -0.25) is 0 Å². The Hall–Kier alpha value is -2.38. The molecule has 0 heterocycles. The van der Waals surface area contributed by atoms with Crippen molar-refractivity contribution in [1.82, 2.24) is 0 Å². The number of rotatable bonds is 3. The first-order chi connectivity index (χ1) is 14.7. The average Bonchev–Trinajstić information content (AvgIpc) is 2.70. The summed E-state index contributed by atoms with van der Waals surface area (Å²) in [6, 6.07) is -1.16. The van der Waals surface area contributed by atoms with Crippen molar-refractivity contribution >= 4 is 22.5 Å². The van der Waals surface area contributed by atoms with Crippen molar-refractivity contribution in [2.24, 2.45) is 0 Å². The molecule has 3 radical (unpaired) electrons. The van der Waals surface area contributed by atoms with Crippen LogP contribution in [0.3, 0.4) is 0 Å². The molecule has 13 heteroatoms. The van der Waals surface area contributed by atoms with Crippen molar-refractivity contribution in [2.75, 3.05) is 0 Å². The fraction of sp³-hybridized carbons (Fsp3) is 0.0526. The monoisotopic (exact) mass is 579 g/mol. The molecule has 0 unspecified atom stereocenters. The number of hydrogen-bond donors (Lipinski definition) is 0. The number of hydrogen-bond acceptors (Lipinski definition) is 0. The van der Waals surface area contributed by atoms with Crippen molar-refractivity contribution < 1.29 is 52.7 Å². The first-order valence-electron chi connectivity index (χ1n) is 8.00. The van der Waals surface area contributed by atoms with Gasteiger partial charge in [-0.15, -0.1) is 0 Å². The van der Waals surface area contributed by atoms with Crippen molar-refractivity contribution in [3.05, 3.63) is 105 Å². The van der Waals surface area contributed by atoms with Crippen LogP contribution in [0.25, 0.3) is 0 Å². The Kier molecular flexibility index (Phi) is 6.21. The van der Waals surface area contributed by atoms with Gasteiger partial charge in [0.2, 0.25) is 0 Å². The molecule has 0 fully saturated rings. The van der Waals surface area contributed by atoms with E-state index in [1.54, 1.807) is 0 Å². The summed E-state index contributed by atoms with van der Waals surface area (Å²) in [7, 11) is 0. The maximum absolute atomic E-state index is 14.6. The summed E-state index contributed by atoms with van der Waals surface area (Å²) in [5.41, 5.74) is -6.54. The van der Waals surface area contributed by atoms with Crippen LogP contribution in [0.5, 0.6) is 0 Å². The van der Waals surface area contributed by atoms with Gasteiger partial charge in [0.15, 0.2) is 0 Å². The molecule has 0 aliphatic heterocycles. The molecule has 0 atom stereocenters. The Bertz CT molecular complexity index is 1040. The van der Waals surface area contributed by atoms with Crippen molar-refractivity contribution in [1.29, 1.82) is 0 Å². The van der Waals surface area contributed by atoms with Crippen LogP contribution < -0.4 is 0 Å². The maximum atomic E-state index is 14.6. The standard InChI is InChI=1S/C19H3F12.Sn/c20-4-1-5(21)15(27)11(14(4)26)10(12-16(28)6(22)2-7(23)17(12)29)13-18(30)8(24)3-9(25)19(13)31;/h1-3H;. The van der Waals surface area contributed by atoms with Gasteiger partial charge in [-0.1, -0.05) is 0 Å². The van der Waals surface area contributed by atoms with E-state index >= 15 is 0 Å². The van der Waals surface area contributed by atoms with Crippen molar-refractivity contribution in [2.45, 2.75) is 3.43 Å². The summed E-state index contributed by atoms with van der Waals surface area (Å²) in [5.74, 6) is -28.5. The molecule has 0 aromatic heterocycles. The summed E-state index contributed by atoms with van der Waals surface area (Å²) < 4.78 is 167. The van der Waals surface area contributed by atoms with Gasteiger partial charge in [-0.2, -0.15) is 0 Å². The van der Waals surface area contributed by atoms with E-state index in [1.807, 2.05) is 0 Å². The van der Waals surface area contributed by atoms with E-state index in [2.05, 4.69) is 0 Å². The second-order valence-corrected chi connectivity index (χ2v) is 8.42. The van der Waals surface area contributed by atoms with Crippen LogP contribution in [-0.4, -0.2) is 22.5 Å². The summed E-state index contributed by atoms with van der Waals surface area (Å²) in [5, 5.41) is 0. The molecule has 0 nitrogen and oxygen atoms in total. The molecule has 0 saturated carbocycles. The van der Waals surface area contributed by atoms with Gasteiger partial charge in [0, 0.05) is 0 Å². The molecule has 0 spiro atoms. The third kappa shape index (κ3) is 3.42. The Morgan fingerprint density at radius 1 is 0.375 bits per heavy atom. The van der Waals surface area contributed by atoms with E-state index in [9.17, 15) is 52.7 Å². The fourth-order valence-electron chi connectivity index (χ4n) is 3.08. The third-order valence-corrected chi connectivity index (χ3v) is 6.60. The SMILES string of the molecule is Fc1cc(F)c(F)c([C]([Sn])(c2c(F)c(F)cc(F)c2F)c2c(F)c(F)cc(F)c2F)c1F. The molecule has 3 aromatic rings. The predicted octanol–water partition coefficient (Wildman–Crippen LogP) is 5.82.